The van der Waals surface area contributed by atoms with Gasteiger partial charge < -0.3 is 20.0 Å². The first kappa shape index (κ1) is 35.2. The number of rotatable bonds is 8. The van der Waals surface area contributed by atoms with Crippen LogP contribution in [0.15, 0.2) is 91.3 Å². The third kappa shape index (κ3) is 8.89. The van der Waals surface area contributed by atoms with Gasteiger partial charge in [-0.15, -0.1) is 0 Å². The molecule has 49 heavy (non-hydrogen) atoms. The van der Waals surface area contributed by atoms with E-state index in [9.17, 15) is 22.8 Å². The van der Waals surface area contributed by atoms with Gasteiger partial charge in [-0.2, -0.15) is 4.31 Å². The number of nitrogens with zero attached hydrogens (tertiary/aromatic N) is 4. The van der Waals surface area contributed by atoms with Gasteiger partial charge in [0.25, 0.3) is 0 Å². The van der Waals surface area contributed by atoms with Gasteiger partial charge in [0.2, 0.25) is 15.9 Å². The van der Waals surface area contributed by atoms with Crippen LogP contribution in [0.4, 0.5) is 5.69 Å². The molecule has 11 nitrogen and oxygen atoms in total. The van der Waals surface area contributed by atoms with E-state index in [0.717, 1.165) is 48.0 Å². The number of hydrogen-bond acceptors (Lipinski definition) is 7. The second kappa shape index (κ2) is 15.9. The molecule has 0 saturated carbocycles. The van der Waals surface area contributed by atoms with Gasteiger partial charge in [-0.05, 0) is 72.0 Å². The summed E-state index contributed by atoms with van der Waals surface area (Å²) in [6.45, 7) is 4.79. The molecule has 3 heterocycles. The van der Waals surface area contributed by atoms with E-state index in [1.807, 2.05) is 47.4 Å². The Morgan fingerprint density at radius 2 is 1.41 bits per heavy atom. The van der Waals surface area contributed by atoms with Crippen molar-refractivity contribution in [1.29, 1.82) is 0 Å². The summed E-state index contributed by atoms with van der Waals surface area (Å²) in [5.41, 5.74) is 2.46. The van der Waals surface area contributed by atoms with Gasteiger partial charge in [0.15, 0.2) is 0 Å². The van der Waals surface area contributed by atoms with Crippen molar-refractivity contribution in [2.45, 2.75) is 19.8 Å². The van der Waals surface area contributed by atoms with E-state index in [0.29, 0.717) is 26.2 Å². The van der Waals surface area contributed by atoms with Crippen molar-refractivity contribution in [3.8, 4) is 0 Å². The monoisotopic (exact) mass is 684 g/mol. The van der Waals surface area contributed by atoms with Gasteiger partial charge in [0.05, 0.1) is 16.9 Å². The smallest absolute Gasteiger partial charge is 0.335 e. The Hall–Kier alpha value is -5.07. The number of amides is 1. The van der Waals surface area contributed by atoms with Crippen LogP contribution in [0.3, 0.4) is 0 Å². The maximum absolute atomic E-state index is 13.1. The van der Waals surface area contributed by atoms with E-state index in [2.05, 4.69) is 28.1 Å². The molecular weight excluding hydrogens is 644 g/mol. The Morgan fingerprint density at radius 1 is 0.796 bits per heavy atom. The Labute approximate surface area is 286 Å². The van der Waals surface area contributed by atoms with E-state index >= 15 is 0 Å². The van der Waals surface area contributed by atoms with Crippen LogP contribution in [0.5, 0.6) is 0 Å². The molecule has 6 rings (SSSR count). The number of sulfonamides is 1. The van der Waals surface area contributed by atoms with Crippen molar-refractivity contribution in [3.05, 3.63) is 114 Å². The molecule has 0 aliphatic carbocycles. The highest BCUT2D eigenvalue weighted by atomic mass is 32.2. The van der Waals surface area contributed by atoms with Crippen LogP contribution in [-0.4, -0.2) is 95.7 Å². The molecule has 3 aromatic carbocycles. The van der Waals surface area contributed by atoms with Crippen molar-refractivity contribution in [2.75, 3.05) is 49.9 Å². The van der Waals surface area contributed by atoms with E-state index in [1.165, 1.54) is 29.4 Å². The summed E-state index contributed by atoms with van der Waals surface area (Å²) in [6, 6.07) is 22.4. The number of carboxylic acids is 2. The lowest BCUT2D eigenvalue weighted by molar-refractivity contribution is -0.137. The van der Waals surface area contributed by atoms with Crippen LogP contribution in [0.2, 0.25) is 0 Å². The summed E-state index contributed by atoms with van der Waals surface area (Å²) >= 11 is 0. The number of aromatic nitrogens is 1. The summed E-state index contributed by atoms with van der Waals surface area (Å²) in [5, 5.41) is 19.6. The zero-order valence-electron chi connectivity index (χ0n) is 27.3. The highest BCUT2D eigenvalue weighted by Gasteiger charge is 2.33. The standard InChI is InChI=1S/C28H32N4O3S.C9H8O4/c33-28(25-11-15-30(16-12-25)27-9-13-29-14-10-27)31-17-19-32(20-18-31)36(34,35)21-3-4-23-7-8-24-5-1-2-6-26(24)22-23;1-5-6(8(10)11)3-2-4-7(5)9(12)13/h1-10,13-14,22,25H,11-12,15-21H2;2-4H,1H3,(H,10,11)(H,12,13). The van der Waals surface area contributed by atoms with Crippen LogP contribution in [0, 0.1) is 12.8 Å². The van der Waals surface area contributed by atoms with Crippen LogP contribution >= 0.6 is 0 Å². The lowest BCUT2D eigenvalue weighted by Crippen LogP contribution is -2.53. The molecule has 256 valence electrons. The Balaban J connectivity index is 0.000000304. The number of carboxylic acid groups (broad SMARTS) is 2. The third-order valence-electron chi connectivity index (χ3n) is 9.00. The molecule has 2 aliphatic heterocycles. The molecule has 2 fully saturated rings. The van der Waals surface area contributed by atoms with Gasteiger partial charge in [0.1, 0.15) is 0 Å². The average Bonchev–Trinajstić information content (AvgIpc) is 3.12. The highest BCUT2D eigenvalue weighted by molar-refractivity contribution is 7.89. The molecule has 1 aromatic heterocycles. The van der Waals surface area contributed by atoms with Crippen molar-refractivity contribution in [3.63, 3.8) is 0 Å². The minimum atomic E-state index is -3.41. The normalized spacial score (nSPS) is 15.9. The maximum atomic E-state index is 13.1. The number of anilines is 1. The fraction of sp³-hybridized carbons (Fsp3) is 0.297. The van der Waals surface area contributed by atoms with E-state index < -0.39 is 22.0 Å². The van der Waals surface area contributed by atoms with Crippen LogP contribution in [-0.2, 0) is 14.8 Å². The van der Waals surface area contributed by atoms with Crippen LogP contribution < -0.4 is 4.90 Å². The number of fused-ring (bicyclic) bond motifs is 1. The SMILES string of the molecule is Cc1c(C(=O)O)cccc1C(=O)O.O=C(C1CCN(c2ccncc2)CC1)N1CCN(S(=O)(=O)CC=Cc2ccc3ccccc3c2)CC1. The Morgan fingerprint density at radius 3 is 2.02 bits per heavy atom. The molecule has 12 heteroatoms. The lowest BCUT2D eigenvalue weighted by Gasteiger charge is -2.38. The fourth-order valence-corrected chi connectivity index (χ4v) is 7.48. The van der Waals surface area contributed by atoms with Crippen LogP contribution in [0.1, 0.15) is 44.7 Å². The van der Waals surface area contributed by atoms with Gasteiger partial charge in [-0.25, -0.2) is 18.0 Å². The first-order valence-corrected chi connectivity index (χ1v) is 17.8. The largest absolute Gasteiger partial charge is 0.478 e. The number of carbonyl (C=O) groups is 3. The molecule has 1 amide bonds. The summed E-state index contributed by atoms with van der Waals surface area (Å²) in [6.07, 6.45) is 8.80. The summed E-state index contributed by atoms with van der Waals surface area (Å²) in [5.74, 6) is -2.09. The van der Waals surface area contributed by atoms with E-state index in [-0.39, 0.29) is 34.3 Å². The zero-order valence-corrected chi connectivity index (χ0v) is 28.1. The fourth-order valence-electron chi connectivity index (χ4n) is 6.21. The number of piperazine rings is 1. The molecule has 2 saturated heterocycles. The Bertz CT molecular complexity index is 1900. The number of benzene rings is 3. The quantitative estimate of drug-likeness (QED) is 0.261. The van der Waals surface area contributed by atoms with Gasteiger partial charge in [-0.3, -0.25) is 9.78 Å². The molecule has 2 aliphatic rings. The number of carbonyl (C=O) groups excluding carboxylic acids is 1. The average molecular weight is 685 g/mol. The summed E-state index contributed by atoms with van der Waals surface area (Å²) in [4.78, 5) is 42.5. The summed E-state index contributed by atoms with van der Waals surface area (Å²) in [7, 11) is -3.41. The van der Waals surface area contributed by atoms with E-state index in [4.69, 9.17) is 10.2 Å². The molecule has 0 radical (unpaired) electrons. The van der Waals surface area contributed by atoms with Crippen molar-refractivity contribution >= 4 is 50.4 Å². The Kier molecular flexibility index (Phi) is 11.4. The van der Waals surface area contributed by atoms with Crippen molar-refractivity contribution < 1.29 is 33.0 Å². The number of hydrogen-bond donors (Lipinski definition) is 2. The third-order valence-corrected chi connectivity index (χ3v) is 10.8. The predicted molar refractivity (Wildman–Crippen MR) is 189 cm³/mol. The minimum Gasteiger partial charge on any atom is -0.478 e. The topological polar surface area (TPSA) is 148 Å². The van der Waals surface area contributed by atoms with E-state index in [1.54, 1.807) is 18.5 Å². The molecule has 0 spiro atoms. The number of pyridine rings is 1. The molecular formula is C37H40N4O7S. The second-order valence-electron chi connectivity index (χ2n) is 12.1. The first-order chi connectivity index (χ1) is 23.5. The van der Waals surface area contributed by atoms with Crippen LogP contribution in [0.25, 0.3) is 16.8 Å². The molecule has 0 atom stereocenters. The second-order valence-corrected chi connectivity index (χ2v) is 14.1. The molecule has 0 bridgehead atoms. The minimum absolute atomic E-state index is 0.0103. The number of aromatic carboxylic acids is 2. The maximum Gasteiger partial charge on any atom is 0.335 e. The highest BCUT2D eigenvalue weighted by Crippen LogP contribution is 2.25. The molecule has 2 N–H and O–H groups in total. The first-order valence-electron chi connectivity index (χ1n) is 16.2. The molecule has 4 aromatic rings. The number of piperidine rings is 1. The van der Waals surface area contributed by atoms with Gasteiger partial charge in [0, 0.05) is 63.3 Å². The predicted octanol–water partition coefficient (Wildman–Crippen LogP) is 5.03. The summed E-state index contributed by atoms with van der Waals surface area (Å²) < 4.78 is 27.3. The molecule has 0 unspecified atom stereocenters. The van der Waals surface area contributed by atoms with Gasteiger partial charge >= 0.3 is 11.9 Å². The van der Waals surface area contributed by atoms with Crippen molar-refractivity contribution in [1.82, 2.24) is 14.2 Å². The lowest BCUT2D eigenvalue weighted by atomic mass is 9.94. The van der Waals surface area contributed by atoms with Gasteiger partial charge in [-0.1, -0.05) is 54.6 Å². The zero-order chi connectivity index (χ0) is 35.0. The van der Waals surface area contributed by atoms with Crippen molar-refractivity contribution in [2.24, 2.45) is 5.92 Å².